The summed E-state index contributed by atoms with van der Waals surface area (Å²) in [6.07, 6.45) is 10.4. The summed E-state index contributed by atoms with van der Waals surface area (Å²) >= 11 is 0. The number of hydrogen-bond acceptors (Lipinski definition) is 2. The van der Waals surface area contributed by atoms with Crippen LogP contribution in [0.25, 0.3) is 0 Å². The van der Waals surface area contributed by atoms with Crippen LogP contribution in [0.5, 0.6) is 0 Å². The lowest BCUT2D eigenvalue weighted by Gasteiger charge is -1.85. The third kappa shape index (κ3) is 6.62. The van der Waals surface area contributed by atoms with Gasteiger partial charge in [-0.2, -0.15) is 0 Å². The molecule has 0 saturated heterocycles. The minimum Gasteiger partial charge on any atom is -0.442 e. The smallest absolute Gasteiger partial charge is 0.119 e. The van der Waals surface area contributed by atoms with Crippen molar-refractivity contribution >= 4 is 0 Å². The number of aliphatic hydroxyl groups is 1. The molecule has 52 valence electrons. The van der Waals surface area contributed by atoms with Gasteiger partial charge < -0.3 is 9.84 Å². The number of allylic oxidation sites excluding steroid dienone is 1. The minimum absolute atomic E-state index is 0.182. The first-order valence-electron chi connectivity index (χ1n) is 2.73. The van der Waals surface area contributed by atoms with Gasteiger partial charge in [0.25, 0.3) is 0 Å². The molecule has 0 atom stereocenters. The molecule has 2 heteroatoms. The van der Waals surface area contributed by atoms with Crippen LogP contribution >= 0.6 is 0 Å². The Morgan fingerprint density at radius 2 is 2.40 bits per heavy atom. The minimum atomic E-state index is -0.182. The van der Waals surface area contributed by atoms with E-state index in [2.05, 4.69) is 22.7 Å². The normalized spacial score (nSPS) is 8.00. The maximum absolute atomic E-state index is 8.16. The molecule has 0 unspecified atom stereocenters. The fraction of sp³-hybridized carbons (Fsp3) is 0.250. The number of terminal acetylenes is 1. The third-order valence-corrected chi connectivity index (χ3v) is 0.617. The Balaban J connectivity index is 3.22. The van der Waals surface area contributed by atoms with Crippen molar-refractivity contribution in [1.29, 1.82) is 0 Å². The van der Waals surface area contributed by atoms with Crippen molar-refractivity contribution in [2.75, 3.05) is 13.2 Å². The molecule has 0 rings (SSSR count). The largest absolute Gasteiger partial charge is 0.442 e. The molecule has 0 aromatic rings. The lowest BCUT2D eigenvalue weighted by atomic mass is 10.5. The average molecular weight is 136 g/mol. The molecule has 0 aromatic carbocycles. The molecule has 0 aliphatic heterocycles. The fourth-order valence-electron chi connectivity index (χ4n) is 0.289. The van der Waals surface area contributed by atoms with Gasteiger partial charge in [0.15, 0.2) is 0 Å². The molecule has 0 radical (unpaired) electrons. The summed E-state index contributed by atoms with van der Waals surface area (Å²) < 4.78 is 4.67. The number of aliphatic hydroxyl groups excluding tert-OH is 1. The number of ether oxygens (including phenoxy) is 1. The molecule has 0 bridgehead atoms. The van der Waals surface area contributed by atoms with Gasteiger partial charge in [-0.05, 0) is 18.1 Å². The van der Waals surface area contributed by atoms with Gasteiger partial charge >= 0.3 is 0 Å². The zero-order valence-corrected chi connectivity index (χ0v) is 5.50. The quantitative estimate of drug-likeness (QED) is 0.432. The Hall–Kier alpha value is -1.38. The lowest BCUT2D eigenvalue weighted by Crippen LogP contribution is -1.81. The first-order chi connectivity index (χ1) is 4.91. The summed E-state index contributed by atoms with van der Waals surface area (Å²) in [5.41, 5.74) is 0. The molecule has 0 heterocycles. The Labute approximate surface area is 60.5 Å². The number of hydrogen-bond donors (Lipinski definition) is 1. The van der Waals surface area contributed by atoms with Crippen molar-refractivity contribution in [1.82, 2.24) is 0 Å². The van der Waals surface area contributed by atoms with Gasteiger partial charge in [-0.3, -0.25) is 0 Å². The molecule has 0 aliphatic rings. The van der Waals surface area contributed by atoms with Crippen molar-refractivity contribution < 1.29 is 9.84 Å². The van der Waals surface area contributed by atoms with Gasteiger partial charge in [0.05, 0.1) is 0 Å². The summed E-state index contributed by atoms with van der Waals surface area (Å²) in [5.74, 6) is 4.62. The van der Waals surface area contributed by atoms with E-state index in [-0.39, 0.29) is 6.61 Å². The second-order valence-corrected chi connectivity index (χ2v) is 1.32. The Bertz CT molecular complexity index is 188. The topological polar surface area (TPSA) is 29.5 Å². The van der Waals surface area contributed by atoms with Crippen LogP contribution in [0.3, 0.4) is 0 Å². The summed E-state index contributed by atoms with van der Waals surface area (Å²) in [5, 5.41) is 8.16. The van der Waals surface area contributed by atoms with Crippen LogP contribution in [0.1, 0.15) is 0 Å². The molecule has 0 aliphatic carbocycles. The molecular formula is C8H8O2. The molecular weight excluding hydrogens is 128 g/mol. The van der Waals surface area contributed by atoms with Gasteiger partial charge in [-0.15, -0.1) is 6.42 Å². The van der Waals surface area contributed by atoms with Gasteiger partial charge in [0.1, 0.15) is 19.3 Å². The molecule has 2 nitrogen and oxygen atoms in total. The lowest BCUT2D eigenvalue weighted by molar-refractivity contribution is 0.313. The summed E-state index contributed by atoms with van der Waals surface area (Å²) in [6.45, 7) is 0.177. The zero-order valence-electron chi connectivity index (χ0n) is 5.50. The molecule has 0 amide bonds. The van der Waals surface area contributed by atoms with Crippen LogP contribution in [0.2, 0.25) is 0 Å². The maximum atomic E-state index is 8.16. The predicted molar refractivity (Wildman–Crippen MR) is 38.8 cm³/mol. The highest BCUT2D eigenvalue weighted by atomic mass is 16.5. The average Bonchev–Trinajstić information content (AvgIpc) is 1.97. The van der Waals surface area contributed by atoms with Crippen molar-refractivity contribution in [2.24, 2.45) is 0 Å². The van der Waals surface area contributed by atoms with E-state index in [1.807, 2.05) is 0 Å². The van der Waals surface area contributed by atoms with Crippen LogP contribution in [0.15, 0.2) is 12.2 Å². The van der Waals surface area contributed by atoms with E-state index >= 15 is 0 Å². The van der Waals surface area contributed by atoms with Gasteiger partial charge in [-0.1, -0.05) is 5.92 Å². The summed E-state index contributed by atoms with van der Waals surface area (Å²) in [7, 11) is 0. The van der Waals surface area contributed by atoms with E-state index in [1.54, 1.807) is 6.08 Å². The van der Waals surface area contributed by atoms with Gasteiger partial charge in [-0.25, -0.2) is 0 Å². The summed E-state index contributed by atoms with van der Waals surface area (Å²) in [6, 6.07) is 0. The van der Waals surface area contributed by atoms with E-state index < -0.39 is 0 Å². The van der Waals surface area contributed by atoms with Crippen LogP contribution in [-0.4, -0.2) is 18.3 Å². The molecule has 0 fully saturated rings. The highest BCUT2D eigenvalue weighted by Gasteiger charge is 1.70. The summed E-state index contributed by atoms with van der Waals surface area (Å²) in [4.78, 5) is 0. The zero-order chi connectivity index (χ0) is 7.66. The molecule has 10 heavy (non-hydrogen) atoms. The Kier molecular flexibility index (Phi) is 6.57. The van der Waals surface area contributed by atoms with Crippen molar-refractivity contribution in [3.8, 4) is 24.4 Å². The first-order valence-corrected chi connectivity index (χ1v) is 2.73. The standard InChI is InChI=1S/C8H8O2/c1-2-3-4-7-10-8-5-6-9/h1,3-4,9H,6-7H2. The van der Waals surface area contributed by atoms with E-state index in [9.17, 15) is 0 Å². The first kappa shape index (κ1) is 8.62. The SMILES string of the molecule is C#CC=CCOC#CCO. The fourth-order valence-corrected chi connectivity index (χ4v) is 0.289. The highest BCUT2D eigenvalue weighted by Crippen LogP contribution is 1.72. The van der Waals surface area contributed by atoms with Crippen molar-refractivity contribution in [3.63, 3.8) is 0 Å². The van der Waals surface area contributed by atoms with E-state index in [4.69, 9.17) is 11.5 Å². The van der Waals surface area contributed by atoms with E-state index in [0.29, 0.717) is 6.61 Å². The van der Waals surface area contributed by atoms with Crippen LogP contribution in [-0.2, 0) is 4.74 Å². The van der Waals surface area contributed by atoms with Crippen molar-refractivity contribution in [3.05, 3.63) is 12.2 Å². The van der Waals surface area contributed by atoms with E-state index in [0.717, 1.165) is 0 Å². The van der Waals surface area contributed by atoms with E-state index in [1.165, 1.54) is 6.08 Å². The van der Waals surface area contributed by atoms with Gasteiger partial charge in [0.2, 0.25) is 0 Å². The third-order valence-electron chi connectivity index (χ3n) is 0.617. The molecule has 0 saturated carbocycles. The second-order valence-electron chi connectivity index (χ2n) is 1.32. The van der Waals surface area contributed by atoms with Crippen molar-refractivity contribution in [2.45, 2.75) is 0 Å². The molecule has 0 spiro atoms. The second kappa shape index (κ2) is 7.62. The van der Waals surface area contributed by atoms with Crippen LogP contribution in [0, 0.1) is 24.4 Å². The molecule has 1 N–H and O–H groups in total. The Morgan fingerprint density at radius 1 is 1.60 bits per heavy atom. The van der Waals surface area contributed by atoms with Crippen LogP contribution in [0.4, 0.5) is 0 Å². The predicted octanol–water partition coefficient (Wildman–Crippen LogP) is 0.146. The Morgan fingerprint density at radius 3 is 3.00 bits per heavy atom. The van der Waals surface area contributed by atoms with Crippen LogP contribution < -0.4 is 0 Å². The monoisotopic (exact) mass is 136 g/mol. The van der Waals surface area contributed by atoms with Gasteiger partial charge in [0, 0.05) is 0 Å². The maximum Gasteiger partial charge on any atom is 0.119 e. The number of rotatable bonds is 2. The highest BCUT2D eigenvalue weighted by molar-refractivity contribution is 5.08. The molecule has 0 aromatic heterocycles.